The first-order valence-electron chi connectivity index (χ1n) is 6.72. The van der Waals surface area contributed by atoms with Crippen molar-refractivity contribution in [2.24, 2.45) is 0 Å². The Hall–Kier alpha value is -1.66. The van der Waals surface area contributed by atoms with Crippen LogP contribution in [0.1, 0.15) is 24.3 Å². The Morgan fingerprint density at radius 2 is 2.21 bits per heavy atom. The minimum Gasteiger partial charge on any atom is -0.463 e. The van der Waals surface area contributed by atoms with E-state index in [1.807, 2.05) is 6.07 Å². The number of furan rings is 1. The molecule has 6 heteroatoms. The summed E-state index contributed by atoms with van der Waals surface area (Å²) < 4.78 is 7.92. The smallest absolute Gasteiger partial charge is 0.147 e. The van der Waals surface area contributed by atoms with Gasteiger partial charge in [-0.05, 0) is 18.7 Å². The third-order valence-electron chi connectivity index (χ3n) is 3.36. The van der Waals surface area contributed by atoms with Crippen LogP contribution in [0.2, 0.25) is 0 Å². The topological polar surface area (TPSA) is 59.1 Å². The normalized spacial score (nSPS) is 15.6. The lowest BCUT2D eigenvalue weighted by Crippen LogP contribution is -2.33. The molecule has 2 aromatic rings. The zero-order valence-electron chi connectivity index (χ0n) is 11.2. The van der Waals surface area contributed by atoms with Crippen molar-refractivity contribution in [2.75, 3.05) is 13.1 Å². The van der Waals surface area contributed by atoms with Crippen molar-refractivity contribution >= 4 is 0 Å². The van der Waals surface area contributed by atoms with E-state index in [-0.39, 0.29) is 0 Å². The van der Waals surface area contributed by atoms with Gasteiger partial charge in [0.2, 0.25) is 0 Å². The average Bonchev–Trinajstić information content (AvgIpc) is 3.05. The molecule has 0 amide bonds. The number of nitrogens with one attached hydrogen (secondary N) is 1. The molecule has 0 saturated heterocycles. The van der Waals surface area contributed by atoms with Crippen LogP contribution in [0.3, 0.4) is 0 Å². The Labute approximate surface area is 112 Å². The van der Waals surface area contributed by atoms with Gasteiger partial charge in [-0.3, -0.25) is 4.90 Å². The van der Waals surface area contributed by atoms with Gasteiger partial charge in [0.25, 0.3) is 0 Å². The lowest BCUT2D eigenvalue weighted by molar-refractivity contribution is 0.192. The highest BCUT2D eigenvalue weighted by Gasteiger charge is 2.18. The molecule has 1 N–H and O–H groups in total. The van der Waals surface area contributed by atoms with Crippen LogP contribution in [0.25, 0.3) is 0 Å². The maximum Gasteiger partial charge on any atom is 0.147 e. The summed E-state index contributed by atoms with van der Waals surface area (Å²) in [6.45, 7) is 7.47. The van der Waals surface area contributed by atoms with Gasteiger partial charge in [0, 0.05) is 13.1 Å². The second-order valence-electron chi connectivity index (χ2n) is 4.80. The summed E-state index contributed by atoms with van der Waals surface area (Å²) in [6.07, 6.45) is 1.80. The van der Waals surface area contributed by atoms with Gasteiger partial charge in [-0.15, -0.1) is 10.2 Å². The van der Waals surface area contributed by atoms with E-state index < -0.39 is 0 Å². The number of hydrogen-bond acceptors (Lipinski definition) is 5. The van der Waals surface area contributed by atoms with Gasteiger partial charge in [0.05, 0.1) is 19.6 Å². The van der Waals surface area contributed by atoms with Gasteiger partial charge in [-0.25, -0.2) is 0 Å². The predicted molar refractivity (Wildman–Crippen MR) is 70.2 cm³/mol. The summed E-state index contributed by atoms with van der Waals surface area (Å²) in [4.78, 5) is 2.33. The largest absolute Gasteiger partial charge is 0.463 e. The van der Waals surface area contributed by atoms with E-state index in [1.54, 1.807) is 6.33 Å². The third-order valence-corrected chi connectivity index (χ3v) is 3.36. The van der Waals surface area contributed by atoms with Crippen molar-refractivity contribution in [1.82, 2.24) is 25.0 Å². The Morgan fingerprint density at radius 3 is 3.11 bits per heavy atom. The molecule has 0 bridgehead atoms. The average molecular weight is 261 g/mol. The molecule has 102 valence electrons. The molecule has 3 rings (SSSR count). The summed E-state index contributed by atoms with van der Waals surface area (Å²) >= 11 is 0. The summed E-state index contributed by atoms with van der Waals surface area (Å²) in [5.41, 5.74) is 0. The number of hydrogen-bond donors (Lipinski definition) is 1. The van der Waals surface area contributed by atoms with Crippen molar-refractivity contribution in [3.8, 4) is 0 Å². The standard InChI is InChI=1S/C13H19N5O/c1-2-14-7-11-3-4-12(19-11)8-17-5-6-18-10-15-16-13(18)9-17/h3-4,10,14H,2,5-9H2,1H3. The van der Waals surface area contributed by atoms with Crippen LogP contribution in [-0.4, -0.2) is 32.8 Å². The van der Waals surface area contributed by atoms with E-state index in [0.29, 0.717) is 0 Å². The first-order valence-corrected chi connectivity index (χ1v) is 6.72. The Bertz CT molecular complexity index is 533. The molecule has 1 aliphatic heterocycles. The zero-order valence-corrected chi connectivity index (χ0v) is 11.2. The maximum absolute atomic E-state index is 5.81. The van der Waals surface area contributed by atoms with Crippen molar-refractivity contribution < 1.29 is 4.42 Å². The van der Waals surface area contributed by atoms with Crippen LogP contribution < -0.4 is 5.32 Å². The highest BCUT2D eigenvalue weighted by molar-refractivity contribution is 5.07. The molecular formula is C13H19N5O. The molecular weight excluding hydrogens is 242 g/mol. The Morgan fingerprint density at radius 1 is 1.32 bits per heavy atom. The highest BCUT2D eigenvalue weighted by atomic mass is 16.3. The van der Waals surface area contributed by atoms with Gasteiger partial charge in [0.1, 0.15) is 23.7 Å². The van der Waals surface area contributed by atoms with Gasteiger partial charge in [-0.2, -0.15) is 0 Å². The van der Waals surface area contributed by atoms with Crippen LogP contribution in [0, 0.1) is 0 Å². The number of rotatable bonds is 5. The van der Waals surface area contributed by atoms with Crippen molar-refractivity contribution in [3.63, 3.8) is 0 Å². The molecule has 0 atom stereocenters. The molecule has 3 heterocycles. The van der Waals surface area contributed by atoms with Gasteiger partial charge >= 0.3 is 0 Å². The van der Waals surface area contributed by atoms with Gasteiger partial charge < -0.3 is 14.3 Å². The highest BCUT2D eigenvalue weighted by Crippen LogP contribution is 2.15. The first kappa shape index (κ1) is 12.4. The fraction of sp³-hybridized carbons (Fsp3) is 0.538. The molecule has 2 aromatic heterocycles. The molecule has 0 unspecified atom stereocenters. The number of fused-ring (bicyclic) bond motifs is 1. The summed E-state index contributed by atoms with van der Waals surface area (Å²) in [5, 5.41) is 11.3. The van der Waals surface area contributed by atoms with Crippen LogP contribution >= 0.6 is 0 Å². The van der Waals surface area contributed by atoms with Crippen molar-refractivity contribution in [1.29, 1.82) is 0 Å². The van der Waals surface area contributed by atoms with Crippen LogP contribution in [-0.2, 0) is 26.2 Å². The molecule has 0 aliphatic carbocycles. The minimum absolute atomic E-state index is 0.796. The Kier molecular flexibility index (Phi) is 3.61. The fourth-order valence-corrected chi connectivity index (χ4v) is 2.32. The monoisotopic (exact) mass is 261 g/mol. The zero-order chi connectivity index (χ0) is 13.1. The van der Waals surface area contributed by atoms with E-state index in [4.69, 9.17) is 4.42 Å². The lowest BCUT2D eigenvalue weighted by Gasteiger charge is -2.25. The van der Waals surface area contributed by atoms with Crippen LogP contribution in [0.5, 0.6) is 0 Å². The van der Waals surface area contributed by atoms with E-state index >= 15 is 0 Å². The van der Waals surface area contributed by atoms with Gasteiger partial charge in [0.15, 0.2) is 0 Å². The van der Waals surface area contributed by atoms with E-state index in [2.05, 4.69) is 38.0 Å². The SMILES string of the molecule is CCNCc1ccc(CN2CCn3cnnc3C2)o1. The predicted octanol–water partition coefficient (Wildman–Crippen LogP) is 0.996. The van der Waals surface area contributed by atoms with E-state index in [0.717, 1.165) is 56.6 Å². The van der Waals surface area contributed by atoms with Crippen molar-refractivity contribution in [3.05, 3.63) is 35.8 Å². The van der Waals surface area contributed by atoms with Crippen LogP contribution in [0.4, 0.5) is 0 Å². The second-order valence-corrected chi connectivity index (χ2v) is 4.80. The first-order chi connectivity index (χ1) is 9.35. The maximum atomic E-state index is 5.81. The molecule has 19 heavy (non-hydrogen) atoms. The molecule has 0 aromatic carbocycles. The summed E-state index contributed by atoms with van der Waals surface area (Å²) in [5.74, 6) is 3.04. The molecule has 0 fully saturated rings. The Balaban J connectivity index is 1.58. The van der Waals surface area contributed by atoms with Crippen molar-refractivity contribution in [2.45, 2.75) is 33.1 Å². The molecule has 0 radical (unpaired) electrons. The van der Waals surface area contributed by atoms with E-state index in [9.17, 15) is 0 Å². The second kappa shape index (κ2) is 5.54. The molecule has 1 aliphatic rings. The quantitative estimate of drug-likeness (QED) is 0.870. The van der Waals surface area contributed by atoms with E-state index in [1.165, 1.54) is 0 Å². The lowest BCUT2D eigenvalue weighted by atomic mass is 10.3. The summed E-state index contributed by atoms with van der Waals surface area (Å²) in [7, 11) is 0. The van der Waals surface area contributed by atoms with Gasteiger partial charge in [-0.1, -0.05) is 6.92 Å². The van der Waals surface area contributed by atoms with Crippen LogP contribution in [0.15, 0.2) is 22.9 Å². The fourth-order valence-electron chi connectivity index (χ4n) is 2.32. The molecule has 0 saturated carbocycles. The third kappa shape index (κ3) is 2.85. The molecule has 0 spiro atoms. The molecule has 6 nitrogen and oxygen atoms in total. The number of aromatic nitrogens is 3. The number of nitrogens with zero attached hydrogens (tertiary/aromatic N) is 4. The summed E-state index contributed by atoms with van der Waals surface area (Å²) in [6, 6.07) is 4.11. The minimum atomic E-state index is 0.796.